The van der Waals surface area contributed by atoms with Gasteiger partial charge >= 0.3 is 5.92 Å². The first-order valence-corrected chi connectivity index (χ1v) is 17.0. The van der Waals surface area contributed by atoms with E-state index in [0.29, 0.717) is 61.6 Å². The van der Waals surface area contributed by atoms with Crippen molar-refractivity contribution < 1.29 is 37.5 Å². The third-order valence-electron chi connectivity index (χ3n) is 9.46. The van der Waals surface area contributed by atoms with Gasteiger partial charge in [0.1, 0.15) is 22.8 Å². The summed E-state index contributed by atoms with van der Waals surface area (Å²) in [5.41, 5.74) is 0.469. The summed E-state index contributed by atoms with van der Waals surface area (Å²) in [7, 11) is 0. The molecule has 4 amide bonds. The maximum atomic E-state index is 15.6. The van der Waals surface area contributed by atoms with Crippen molar-refractivity contribution in [1.29, 1.82) is 0 Å². The molecule has 2 aromatic rings. The summed E-state index contributed by atoms with van der Waals surface area (Å²) >= 11 is 0.625. The Labute approximate surface area is 276 Å². The second kappa shape index (κ2) is 15.1. The Morgan fingerprint density at radius 1 is 1.13 bits per heavy atom. The molecular weight excluding hydrogens is 635 g/mol. The Hall–Kier alpha value is -3.52. The topological polar surface area (TPSA) is 141 Å². The van der Waals surface area contributed by atoms with Crippen LogP contribution in [0.4, 0.5) is 18.9 Å². The third-order valence-corrected chi connectivity index (χ3v) is 10.3. The fourth-order valence-corrected chi connectivity index (χ4v) is 6.73. The Balaban J connectivity index is 1.52. The lowest BCUT2D eigenvalue weighted by atomic mass is 9.79. The number of rotatable bonds is 11. The molecule has 258 valence electrons. The van der Waals surface area contributed by atoms with Gasteiger partial charge in [-0.3, -0.25) is 24.2 Å². The molecule has 3 atom stereocenters. The Bertz CT molecular complexity index is 1420. The van der Waals surface area contributed by atoms with E-state index in [4.69, 9.17) is 0 Å². The standard InChI is InChI=1S/C33H44F3N5O5S/c1-5-26(42)39-27(30(44)41-14-12-32(4,46)13-15-41)20(3)22-10-11-24(23(34)16-22)38-29(43)28(21-8-6-19(2)7-9-21)40-31(45)33(35,36)25-17-37-18-47-25/h10-11,16-21,27-28,46H,5-9,12-15H2,1-4H3,(H,38,43)(H,39,42)(H,40,45)/t19-,20-,21-,27+,28-/m0/s1. The molecule has 47 heavy (non-hydrogen) atoms. The van der Waals surface area contributed by atoms with Gasteiger partial charge in [0, 0.05) is 31.6 Å². The van der Waals surface area contributed by atoms with E-state index >= 15 is 4.39 Å². The molecule has 0 radical (unpaired) electrons. The first kappa shape index (κ1) is 36.3. The van der Waals surface area contributed by atoms with Gasteiger partial charge in [-0.25, -0.2) is 4.39 Å². The van der Waals surface area contributed by atoms with Crippen molar-refractivity contribution in [3.63, 3.8) is 0 Å². The zero-order valence-corrected chi connectivity index (χ0v) is 28.0. The monoisotopic (exact) mass is 679 g/mol. The van der Waals surface area contributed by atoms with Gasteiger partial charge in [0.2, 0.25) is 17.7 Å². The molecular formula is C33H44F3N5O5S. The lowest BCUT2D eigenvalue weighted by molar-refractivity contribution is -0.149. The number of aromatic nitrogens is 1. The van der Waals surface area contributed by atoms with Crippen molar-refractivity contribution in [2.45, 2.75) is 102 Å². The number of carbonyl (C=O) groups excluding carboxylic acids is 4. The van der Waals surface area contributed by atoms with Gasteiger partial charge in [0.15, 0.2) is 0 Å². The van der Waals surface area contributed by atoms with Crippen LogP contribution >= 0.6 is 11.3 Å². The molecule has 10 nitrogen and oxygen atoms in total. The predicted octanol–water partition coefficient (Wildman–Crippen LogP) is 4.70. The summed E-state index contributed by atoms with van der Waals surface area (Å²) in [6.45, 7) is 7.73. The van der Waals surface area contributed by atoms with Crippen LogP contribution in [0.25, 0.3) is 0 Å². The smallest absolute Gasteiger partial charge is 0.360 e. The molecule has 1 aliphatic carbocycles. The SMILES string of the molecule is CCC(=O)N[C@@H](C(=O)N1CCC(C)(O)CC1)[C@@H](C)c1ccc(NC(=O)[C@@H](NC(=O)C(F)(F)c2cncs2)[C@H]2CC[C@H](C)CC2)c(F)c1. The molecule has 4 N–H and O–H groups in total. The number of carbonyl (C=O) groups is 4. The number of hydrogen-bond acceptors (Lipinski definition) is 7. The summed E-state index contributed by atoms with van der Waals surface area (Å²) in [6.07, 6.45) is 4.36. The number of halogens is 3. The number of amides is 4. The molecule has 1 aromatic heterocycles. The molecule has 1 saturated heterocycles. The molecule has 0 unspecified atom stereocenters. The van der Waals surface area contributed by atoms with Gasteiger partial charge in [0.25, 0.3) is 5.91 Å². The van der Waals surface area contributed by atoms with Crippen LogP contribution in [0.1, 0.15) is 89.0 Å². The second-order valence-electron chi connectivity index (χ2n) is 13.1. The highest BCUT2D eigenvalue weighted by atomic mass is 32.1. The molecule has 2 aliphatic rings. The number of aliphatic hydroxyl groups is 1. The molecule has 1 aromatic carbocycles. The van der Waals surface area contributed by atoms with Crippen LogP contribution in [0.15, 0.2) is 29.9 Å². The largest absolute Gasteiger partial charge is 0.390 e. The van der Waals surface area contributed by atoms with E-state index in [9.17, 15) is 33.1 Å². The molecule has 14 heteroatoms. The lowest BCUT2D eigenvalue weighted by Crippen LogP contribution is -2.54. The molecule has 1 aliphatic heterocycles. The van der Waals surface area contributed by atoms with E-state index in [1.165, 1.54) is 17.6 Å². The number of thiazole rings is 1. The van der Waals surface area contributed by atoms with Gasteiger partial charge in [-0.05, 0) is 62.1 Å². The Morgan fingerprint density at radius 3 is 2.36 bits per heavy atom. The number of alkyl halides is 2. The first-order valence-electron chi connectivity index (χ1n) is 16.1. The van der Waals surface area contributed by atoms with E-state index in [2.05, 4.69) is 27.9 Å². The van der Waals surface area contributed by atoms with Crippen molar-refractivity contribution in [2.75, 3.05) is 18.4 Å². The third kappa shape index (κ3) is 8.89. The average molecular weight is 680 g/mol. The molecule has 0 spiro atoms. The van der Waals surface area contributed by atoms with E-state index < -0.39 is 58.0 Å². The number of nitrogens with zero attached hydrogens (tertiary/aromatic N) is 2. The predicted molar refractivity (Wildman–Crippen MR) is 171 cm³/mol. The van der Waals surface area contributed by atoms with Crippen molar-refractivity contribution in [3.05, 3.63) is 46.2 Å². The highest BCUT2D eigenvalue weighted by Crippen LogP contribution is 2.35. The average Bonchev–Trinajstić information content (AvgIpc) is 3.59. The lowest BCUT2D eigenvalue weighted by Gasteiger charge is -2.38. The van der Waals surface area contributed by atoms with Crippen LogP contribution in [0.5, 0.6) is 0 Å². The molecule has 2 heterocycles. The summed E-state index contributed by atoms with van der Waals surface area (Å²) in [4.78, 5) is 56.9. The zero-order valence-electron chi connectivity index (χ0n) is 27.2. The number of hydrogen-bond donors (Lipinski definition) is 4. The van der Waals surface area contributed by atoms with E-state index in [0.717, 1.165) is 25.1 Å². The second-order valence-corrected chi connectivity index (χ2v) is 14.0. The molecule has 4 rings (SSSR count). The zero-order chi connectivity index (χ0) is 34.5. The summed E-state index contributed by atoms with van der Waals surface area (Å²) in [5.74, 6) is -8.59. The fourth-order valence-electron chi connectivity index (χ4n) is 6.13. The highest BCUT2D eigenvalue weighted by Gasteiger charge is 2.45. The minimum absolute atomic E-state index is 0.137. The van der Waals surface area contributed by atoms with Crippen molar-refractivity contribution in [3.8, 4) is 0 Å². The number of nitrogens with one attached hydrogen (secondary N) is 3. The van der Waals surface area contributed by atoms with Crippen molar-refractivity contribution >= 4 is 40.7 Å². The van der Waals surface area contributed by atoms with Crippen LogP contribution in [0.2, 0.25) is 0 Å². The van der Waals surface area contributed by atoms with Crippen LogP contribution in [-0.2, 0) is 25.1 Å². The number of benzene rings is 1. The Morgan fingerprint density at radius 2 is 1.79 bits per heavy atom. The van der Waals surface area contributed by atoms with Gasteiger partial charge < -0.3 is 26.0 Å². The minimum atomic E-state index is -3.90. The minimum Gasteiger partial charge on any atom is -0.390 e. The fraction of sp³-hybridized carbons (Fsp3) is 0.606. The highest BCUT2D eigenvalue weighted by molar-refractivity contribution is 7.09. The van der Waals surface area contributed by atoms with E-state index in [-0.39, 0.29) is 23.9 Å². The maximum absolute atomic E-state index is 15.6. The van der Waals surface area contributed by atoms with E-state index in [1.807, 2.05) is 0 Å². The molecule has 1 saturated carbocycles. The van der Waals surface area contributed by atoms with Gasteiger partial charge in [-0.15, -0.1) is 11.3 Å². The normalized spacial score (nSPS) is 21.7. The van der Waals surface area contributed by atoms with Crippen LogP contribution in [0, 0.1) is 17.7 Å². The number of anilines is 1. The van der Waals surface area contributed by atoms with E-state index in [1.54, 1.807) is 25.7 Å². The quantitative estimate of drug-likeness (QED) is 0.272. The molecule has 2 fully saturated rings. The molecule has 0 bridgehead atoms. The summed E-state index contributed by atoms with van der Waals surface area (Å²) in [6, 6.07) is 1.67. The van der Waals surface area contributed by atoms with Gasteiger partial charge in [-0.2, -0.15) is 8.78 Å². The Kier molecular flexibility index (Phi) is 11.7. The van der Waals surface area contributed by atoms with Crippen LogP contribution in [0.3, 0.4) is 0 Å². The van der Waals surface area contributed by atoms with Crippen LogP contribution in [-0.4, -0.2) is 69.4 Å². The summed E-state index contributed by atoms with van der Waals surface area (Å²) < 4.78 is 45.4. The van der Waals surface area contributed by atoms with Crippen LogP contribution < -0.4 is 16.0 Å². The van der Waals surface area contributed by atoms with Crippen molar-refractivity contribution in [1.82, 2.24) is 20.5 Å². The first-order chi connectivity index (χ1) is 22.1. The number of piperidine rings is 1. The van der Waals surface area contributed by atoms with Gasteiger partial charge in [-0.1, -0.05) is 39.7 Å². The maximum Gasteiger partial charge on any atom is 0.360 e. The summed E-state index contributed by atoms with van der Waals surface area (Å²) in [5, 5.41) is 17.8. The van der Waals surface area contributed by atoms with Gasteiger partial charge in [0.05, 0.1) is 16.8 Å². The number of likely N-dealkylation sites (tertiary alicyclic amines) is 1. The van der Waals surface area contributed by atoms with Crippen molar-refractivity contribution in [2.24, 2.45) is 11.8 Å².